The Kier molecular flexibility index (Phi) is 18.7. The average Bonchev–Trinajstić information content (AvgIpc) is 3.13. The highest BCUT2D eigenvalue weighted by molar-refractivity contribution is 5.86. The van der Waals surface area contributed by atoms with Gasteiger partial charge in [-0.1, -0.05) is 84.9 Å². The van der Waals surface area contributed by atoms with E-state index in [2.05, 4.69) is 23.8 Å². The third kappa shape index (κ3) is 15.7. The highest BCUT2D eigenvalue weighted by Crippen LogP contribution is 2.20. The number of aliphatic hydroxyl groups excluding tert-OH is 1. The van der Waals surface area contributed by atoms with Gasteiger partial charge in [-0.25, -0.2) is 0 Å². The van der Waals surface area contributed by atoms with Gasteiger partial charge in [-0.3, -0.25) is 14.4 Å². The van der Waals surface area contributed by atoms with Crippen LogP contribution in [0.5, 0.6) is 5.75 Å². The van der Waals surface area contributed by atoms with Gasteiger partial charge in [0.05, 0.1) is 37.7 Å². The molecule has 3 aromatic carbocycles. The molecule has 0 radical (unpaired) electrons. The quantitative estimate of drug-likeness (QED) is 0.0590. The molecule has 0 aliphatic carbocycles. The number of esters is 1. The van der Waals surface area contributed by atoms with Gasteiger partial charge < -0.3 is 30.0 Å². The van der Waals surface area contributed by atoms with E-state index in [1.165, 1.54) is 0 Å². The number of ether oxygens (including phenoxy) is 3. The Morgan fingerprint density at radius 3 is 2.14 bits per heavy atom. The Bertz CT molecular complexity index is 1430. The maximum Gasteiger partial charge on any atom is 0.309 e. The van der Waals surface area contributed by atoms with Crippen LogP contribution < -0.4 is 15.4 Å². The zero-order valence-corrected chi connectivity index (χ0v) is 29.0. The topological polar surface area (TPSA) is 123 Å². The summed E-state index contributed by atoms with van der Waals surface area (Å²) in [5, 5.41) is 14.7. The van der Waals surface area contributed by atoms with Crippen molar-refractivity contribution in [3.63, 3.8) is 0 Å². The molecule has 3 N–H and O–H groups in total. The van der Waals surface area contributed by atoms with Crippen LogP contribution in [0.25, 0.3) is 0 Å². The number of carbonyl (C=O) groups excluding carboxylic acids is 3. The second-order valence-corrected chi connectivity index (χ2v) is 12.2. The van der Waals surface area contributed by atoms with Crippen LogP contribution in [0.4, 0.5) is 0 Å². The molecule has 0 spiro atoms. The van der Waals surface area contributed by atoms with Crippen LogP contribution >= 0.6 is 0 Å². The van der Waals surface area contributed by atoms with Crippen molar-refractivity contribution in [1.82, 2.24) is 10.6 Å². The summed E-state index contributed by atoms with van der Waals surface area (Å²) in [6.45, 7) is 8.61. The zero-order chi connectivity index (χ0) is 35.8. The summed E-state index contributed by atoms with van der Waals surface area (Å²) in [6, 6.07) is 26.8. The molecule has 2 amide bonds. The van der Waals surface area contributed by atoms with Crippen molar-refractivity contribution in [2.75, 3.05) is 33.0 Å². The van der Waals surface area contributed by atoms with E-state index in [0.29, 0.717) is 38.0 Å². The number of rotatable bonds is 25. The molecule has 50 heavy (non-hydrogen) atoms. The van der Waals surface area contributed by atoms with Gasteiger partial charge in [0.2, 0.25) is 11.8 Å². The SMILES string of the molecule is C=CCCC[C@H](Cc1ccccc1)C(=O)OC[C@H](Cc1ccc(OCc2ccccc2)cc1)NC(=O)[C@H](CC=C)CC(=O)NCCOCCO. The Morgan fingerprint density at radius 2 is 1.48 bits per heavy atom. The average molecular weight is 685 g/mol. The first-order chi connectivity index (χ1) is 24.4. The summed E-state index contributed by atoms with van der Waals surface area (Å²) in [5.74, 6) is -1.22. The van der Waals surface area contributed by atoms with Gasteiger partial charge >= 0.3 is 5.97 Å². The Hall–Kier alpha value is -4.73. The number of aliphatic hydroxyl groups is 1. The van der Waals surface area contributed by atoms with E-state index in [9.17, 15) is 14.4 Å². The first kappa shape index (κ1) is 39.7. The molecule has 0 unspecified atom stereocenters. The minimum atomic E-state index is -0.664. The first-order valence-electron chi connectivity index (χ1n) is 17.4. The van der Waals surface area contributed by atoms with E-state index in [1.807, 2.05) is 91.0 Å². The summed E-state index contributed by atoms with van der Waals surface area (Å²) in [5.41, 5.74) is 3.04. The standard InChI is InChI=1S/C41H52N2O7/c1-3-5-8-18-36(27-32-14-9-6-10-15-32)41(47)50-31-37(28-33-19-21-38(22-20-33)49-30-34-16-11-7-12-17-34)43-40(46)35(13-4-2)29-39(45)42-23-25-48-26-24-44/h3-4,6-7,9-12,14-17,19-22,35-37,44H,1-2,5,8,13,18,23-31H2,(H,42,45)(H,43,46)/t35-,36-,37+/m1/s1. The fraction of sp³-hybridized carbons (Fsp3) is 0.390. The zero-order valence-electron chi connectivity index (χ0n) is 29.0. The van der Waals surface area contributed by atoms with Gasteiger partial charge in [0.15, 0.2) is 0 Å². The van der Waals surface area contributed by atoms with Crippen molar-refractivity contribution in [2.24, 2.45) is 11.8 Å². The maximum atomic E-state index is 13.6. The molecule has 0 aromatic heterocycles. The van der Waals surface area contributed by atoms with Crippen LogP contribution in [0, 0.1) is 11.8 Å². The predicted molar refractivity (Wildman–Crippen MR) is 195 cm³/mol. The number of nitrogens with one attached hydrogen (secondary N) is 2. The molecule has 268 valence electrons. The number of amides is 2. The number of allylic oxidation sites excluding steroid dienone is 2. The maximum absolute atomic E-state index is 13.6. The molecule has 9 nitrogen and oxygen atoms in total. The van der Waals surface area contributed by atoms with Crippen LogP contribution in [-0.4, -0.2) is 61.9 Å². The van der Waals surface area contributed by atoms with E-state index >= 15 is 0 Å². The van der Waals surface area contributed by atoms with Gasteiger partial charge in [0.25, 0.3) is 0 Å². The van der Waals surface area contributed by atoms with Gasteiger partial charge in [-0.05, 0) is 67.3 Å². The van der Waals surface area contributed by atoms with E-state index < -0.39 is 12.0 Å². The Morgan fingerprint density at radius 1 is 0.800 bits per heavy atom. The largest absolute Gasteiger partial charge is 0.489 e. The molecule has 0 bridgehead atoms. The number of carbonyl (C=O) groups is 3. The van der Waals surface area contributed by atoms with Gasteiger partial charge in [-0.2, -0.15) is 0 Å². The third-order valence-corrected chi connectivity index (χ3v) is 8.10. The smallest absolute Gasteiger partial charge is 0.309 e. The third-order valence-electron chi connectivity index (χ3n) is 8.10. The van der Waals surface area contributed by atoms with Crippen LogP contribution in [-0.2, 0) is 43.3 Å². The molecule has 0 aliphatic heterocycles. The monoisotopic (exact) mass is 684 g/mol. The lowest BCUT2D eigenvalue weighted by molar-refractivity contribution is -0.150. The van der Waals surface area contributed by atoms with Gasteiger partial charge in [-0.15, -0.1) is 13.2 Å². The Balaban J connectivity index is 1.70. The van der Waals surface area contributed by atoms with Crippen molar-refractivity contribution >= 4 is 17.8 Å². The van der Waals surface area contributed by atoms with Gasteiger partial charge in [0, 0.05) is 13.0 Å². The minimum absolute atomic E-state index is 0.0290. The number of unbranched alkanes of at least 4 members (excludes halogenated alkanes) is 1. The molecule has 3 aromatic rings. The van der Waals surface area contributed by atoms with E-state index in [0.717, 1.165) is 29.5 Å². The lowest BCUT2D eigenvalue weighted by Gasteiger charge is -2.24. The lowest BCUT2D eigenvalue weighted by Crippen LogP contribution is -2.44. The van der Waals surface area contributed by atoms with Gasteiger partial charge in [0.1, 0.15) is 19.0 Å². The summed E-state index contributed by atoms with van der Waals surface area (Å²) in [7, 11) is 0. The van der Waals surface area contributed by atoms with Crippen LogP contribution in [0.1, 0.15) is 48.8 Å². The molecular formula is C41H52N2O7. The molecular weight excluding hydrogens is 632 g/mol. The molecule has 0 saturated heterocycles. The van der Waals surface area contributed by atoms with Crippen LogP contribution in [0.2, 0.25) is 0 Å². The molecule has 3 rings (SSSR count). The summed E-state index contributed by atoms with van der Waals surface area (Å²) in [4.78, 5) is 39.7. The number of benzene rings is 3. The number of hydrogen-bond acceptors (Lipinski definition) is 7. The summed E-state index contributed by atoms with van der Waals surface area (Å²) < 4.78 is 17.1. The predicted octanol–water partition coefficient (Wildman–Crippen LogP) is 5.76. The highest BCUT2D eigenvalue weighted by Gasteiger charge is 2.26. The molecule has 0 heterocycles. The fourth-order valence-electron chi connectivity index (χ4n) is 5.44. The molecule has 0 aliphatic rings. The number of hydrogen-bond donors (Lipinski definition) is 3. The molecule has 3 atom stereocenters. The van der Waals surface area contributed by atoms with E-state index in [4.69, 9.17) is 19.3 Å². The first-order valence-corrected chi connectivity index (χ1v) is 17.4. The van der Waals surface area contributed by atoms with Crippen molar-refractivity contribution in [2.45, 2.75) is 57.6 Å². The molecule has 0 saturated carbocycles. The van der Waals surface area contributed by atoms with Crippen molar-refractivity contribution in [1.29, 1.82) is 0 Å². The van der Waals surface area contributed by atoms with Crippen molar-refractivity contribution in [3.05, 3.63) is 127 Å². The summed E-state index contributed by atoms with van der Waals surface area (Å²) in [6.07, 6.45) is 6.94. The molecule has 0 fully saturated rings. The van der Waals surface area contributed by atoms with E-state index in [-0.39, 0.29) is 63.1 Å². The second-order valence-electron chi connectivity index (χ2n) is 12.2. The van der Waals surface area contributed by atoms with E-state index in [1.54, 1.807) is 6.08 Å². The fourth-order valence-corrected chi connectivity index (χ4v) is 5.44. The molecule has 9 heteroatoms. The lowest BCUT2D eigenvalue weighted by atomic mass is 9.94. The van der Waals surface area contributed by atoms with Crippen molar-refractivity contribution < 1.29 is 33.7 Å². The van der Waals surface area contributed by atoms with Crippen molar-refractivity contribution in [3.8, 4) is 5.75 Å². The normalized spacial score (nSPS) is 12.6. The van der Waals surface area contributed by atoms with Crippen LogP contribution in [0.15, 0.2) is 110 Å². The highest BCUT2D eigenvalue weighted by atomic mass is 16.5. The minimum Gasteiger partial charge on any atom is -0.489 e. The second kappa shape index (κ2) is 23.6. The summed E-state index contributed by atoms with van der Waals surface area (Å²) >= 11 is 0. The van der Waals surface area contributed by atoms with Crippen LogP contribution in [0.3, 0.4) is 0 Å². The Labute approximate surface area is 296 Å².